The lowest BCUT2D eigenvalue weighted by molar-refractivity contribution is 0.150. The number of halogens is 1. The third-order valence-electron chi connectivity index (χ3n) is 2.15. The monoisotopic (exact) mass is 206 g/mol. The Morgan fingerprint density at radius 2 is 1.60 bits per heavy atom. The lowest BCUT2D eigenvalue weighted by Gasteiger charge is -2.19. The van der Waals surface area contributed by atoms with Gasteiger partial charge in [-0.05, 0) is 12.8 Å². The summed E-state index contributed by atoms with van der Waals surface area (Å²) in [6.07, 6.45) is 7.14. The molecule has 1 fully saturated rings. The molecule has 1 aliphatic carbocycles. The van der Waals surface area contributed by atoms with Crippen molar-refractivity contribution in [3.8, 4) is 0 Å². The molecule has 0 aromatic carbocycles. The molecule has 1 rings (SSSR count). The summed E-state index contributed by atoms with van der Waals surface area (Å²) in [6.45, 7) is 0. The average Bonchev–Trinajstić information content (AvgIpc) is 1.92. The number of aliphatic hydroxyl groups is 1. The molecule has 0 aromatic rings. The fraction of sp³-hybridized carbons (Fsp3) is 1.00. The number of hydrogen-bond acceptors (Lipinski definition) is 1. The van der Waals surface area contributed by atoms with Gasteiger partial charge in [-0.25, -0.2) is 0 Å². The second-order valence-electron chi connectivity index (χ2n) is 3.07. The van der Waals surface area contributed by atoms with Crippen molar-refractivity contribution in [2.24, 2.45) is 0 Å². The molecule has 0 heterocycles. The highest BCUT2D eigenvalue weighted by Gasteiger charge is 2.16. The molecule has 1 aliphatic rings. The van der Waals surface area contributed by atoms with E-state index in [0.29, 0.717) is 4.83 Å². The summed E-state index contributed by atoms with van der Waals surface area (Å²) in [5, 5.41) is 9.44. The molecule has 1 saturated carbocycles. The van der Waals surface area contributed by atoms with Crippen LogP contribution in [-0.2, 0) is 0 Å². The van der Waals surface area contributed by atoms with Gasteiger partial charge in [0, 0.05) is 4.83 Å². The number of aliphatic hydroxyl groups excluding tert-OH is 1. The predicted molar refractivity (Wildman–Crippen MR) is 46.4 cm³/mol. The minimum absolute atomic E-state index is 0.0969. The van der Waals surface area contributed by atoms with Gasteiger partial charge < -0.3 is 5.11 Å². The van der Waals surface area contributed by atoms with Gasteiger partial charge in [-0.15, -0.1) is 0 Å². The van der Waals surface area contributed by atoms with Gasteiger partial charge in [0.05, 0.1) is 6.10 Å². The van der Waals surface area contributed by atoms with Gasteiger partial charge in [0.25, 0.3) is 0 Å². The Labute approximate surface area is 70.9 Å². The molecule has 0 aliphatic heterocycles. The summed E-state index contributed by atoms with van der Waals surface area (Å²) in [6, 6.07) is 0. The van der Waals surface area contributed by atoms with Crippen molar-refractivity contribution in [3.05, 3.63) is 0 Å². The summed E-state index contributed by atoms with van der Waals surface area (Å²) in [5.41, 5.74) is 0. The van der Waals surface area contributed by atoms with Crippen LogP contribution in [0.25, 0.3) is 0 Å². The van der Waals surface area contributed by atoms with Crippen molar-refractivity contribution < 1.29 is 5.11 Å². The van der Waals surface area contributed by atoms with E-state index in [9.17, 15) is 5.11 Å². The molecule has 0 spiro atoms. The first-order valence-corrected chi connectivity index (χ1v) is 5.04. The molecular formula is C8H15BrO. The van der Waals surface area contributed by atoms with E-state index in [1.165, 1.54) is 25.7 Å². The SMILES string of the molecule is OC1CCCCCCC1Br. The molecule has 1 nitrogen and oxygen atoms in total. The summed E-state index contributed by atoms with van der Waals surface area (Å²) in [5.74, 6) is 0. The first-order chi connectivity index (χ1) is 4.80. The third kappa shape index (κ3) is 2.59. The Hall–Kier alpha value is 0.440. The van der Waals surface area contributed by atoms with Crippen LogP contribution < -0.4 is 0 Å². The van der Waals surface area contributed by atoms with Crippen LogP contribution in [-0.4, -0.2) is 16.0 Å². The molecule has 0 amide bonds. The van der Waals surface area contributed by atoms with Crippen LogP contribution >= 0.6 is 15.9 Å². The average molecular weight is 207 g/mol. The van der Waals surface area contributed by atoms with Crippen LogP contribution in [0.5, 0.6) is 0 Å². The molecule has 10 heavy (non-hydrogen) atoms. The normalized spacial score (nSPS) is 36.6. The van der Waals surface area contributed by atoms with Crippen LogP contribution in [0.3, 0.4) is 0 Å². The molecular weight excluding hydrogens is 192 g/mol. The van der Waals surface area contributed by atoms with Crippen molar-refractivity contribution >= 4 is 15.9 Å². The summed E-state index contributed by atoms with van der Waals surface area (Å²) >= 11 is 3.49. The minimum Gasteiger partial charge on any atom is -0.392 e. The summed E-state index contributed by atoms with van der Waals surface area (Å²) in [4.78, 5) is 0.354. The van der Waals surface area contributed by atoms with Crippen LogP contribution in [0.15, 0.2) is 0 Å². The Morgan fingerprint density at radius 1 is 1.00 bits per heavy atom. The first-order valence-electron chi connectivity index (χ1n) is 4.13. The quantitative estimate of drug-likeness (QED) is 0.605. The van der Waals surface area contributed by atoms with E-state index in [1.807, 2.05) is 0 Å². The van der Waals surface area contributed by atoms with Crippen LogP contribution in [0.2, 0.25) is 0 Å². The molecule has 2 heteroatoms. The molecule has 0 bridgehead atoms. The van der Waals surface area contributed by atoms with E-state index in [-0.39, 0.29) is 6.10 Å². The highest BCUT2D eigenvalue weighted by atomic mass is 79.9. The van der Waals surface area contributed by atoms with Crippen molar-refractivity contribution in [1.29, 1.82) is 0 Å². The van der Waals surface area contributed by atoms with Gasteiger partial charge in [0.2, 0.25) is 0 Å². The summed E-state index contributed by atoms with van der Waals surface area (Å²) in [7, 11) is 0. The lowest BCUT2D eigenvalue weighted by Crippen LogP contribution is -2.21. The van der Waals surface area contributed by atoms with Crippen LogP contribution in [0.4, 0.5) is 0 Å². The van der Waals surface area contributed by atoms with Crippen LogP contribution in [0, 0.1) is 0 Å². The predicted octanol–water partition coefficient (Wildman–Crippen LogP) is 2.47. The standard InChI is InChI=1S/C8H15BrO/c9-7-5-3-1-2-4-6-8(7)10/h7-8,10H,1-6H2. The molecule has 2 atom stereocenters. The second-order valence-corrected chi connectivity index (χ2v) is 4.25. The third-order valence-corrected chi connectivity index (χ3v) is 3.22. The maximum Gasteiger partial charge on any atom is 0.0665 e. The van der Waals surface area contributed by atoms with Crippen molar-refractivity contribution in [2.75, 3.05) is 0 Å². The number of rotatable bonds is 0. The highest BCUT2D eigenvalue weighted by molar-refractivity contribution is 9.09. The Morgan fingerprint density at radius 3 is 2.30 bits per heavy atom. The molecule has 0 radical (unpaired) electrons. The largest absolute Gasteiger partial charge is 0.392 e. The highest BCUT2D eigenvalue weighted by Crippen LogP contribution is 2.22. The van der Waals surface area contributed by atoms with Crippen LogP contribution in [0.1, 0.15) is 38.5 Å². The van der Waals surface area contributed by atoms with Gasteiger partial charge >= 0.3 is 0 Å². The zero-order chi connectivity index (χ0) is 7.40. The van der Waals surface area contributed by atoms with Gasteiger partial charge in [-0.3, -0.25) is 0 Å². The van der Waals surface area contributed by atoms with E-state index in [1.54, 1.807) is 0 Å². The van der Waals surface area contributed by atoms with E-state index in [4.69, 9.17) is 0 Å². The van der Waals surface area contributed by atoms with Crippen molar-refractivity contribution in [1.82, 2.24) is 0 Å². The topological polar surface area (TPSA) is 20.2 Å². The minimum atomic E-state index is -0.0969. The first kappa shape index (κ1) is 8.54. The van der Waals surface area contributed by atoms with E-state index in [2.05, 4.69) is 15.9 Å². The number of hydrogen-bond donors (Lipinski definition) is 1. The van der Waals surface area contributed by atoms with Gasteiger partial charge in [0.15, 0.2) is 0 Å². The van der Waals surface area contributed by atoms with E-state index < -0.39 is 0 Å². The molecule has 60 valence electrons. The smallest absolute Gasteiger partial charge is 0.0665 e. The Balaban J connectivity index is 2.28. The summed E-state index contributed by atoms with van der Waals surface area (Å²) < 4.78 is 0. The Bertz CT molecular complexity index is 83.3. The molecule has 0 saturated heterocycles. The van der Waals surface area contributed by atoms with Gasteiger partial charge in [-0.2, -0.15) is 0 Å². The fourth-order valence-electron chi connectivity index (χ4n) is 1.42. The molecule has 0 aromatic heterocycles. The van der Waals surface area contributed by atoms with Gasteiger partial charge in [0.1, 0.15) is 0 Å². The molecule has 2 unspecified atom stereocenters. The Kier molecular flexibility index (Phi) is 3.71. The maximum absolute atomic E-state index is 9.44. The lowest BCUT2D eigenvalue weighted by atomic mass is 9.99. The maximum atomic E-state index is 9.44. The zero-order valence-electron chi connectivity index (χ0n) is 6.22. The molecule has 1 N–H and O–H groups in total. The fourth-order valence-corrected chi connectivity index (χ4v) is 2.01. The van der Waals surface area contributed by atoms with Crippen molar-refractivity contribution in [3.63, 3.8) is 0 Å². The van der Waals surface area contributed by atoms with Crippen molar-refractivity contribution in [2.45, 2.75) is 49.5 Å². The zero-order valence-corrected chi connectivity index (χ0v) is 7.81. The number of alkyl halides is 1. The van der Waals surface area contributed by atoms with Gasteiger partial charge in [-0.1, -0.05) is 41.6 Å². The van der Waals surface area contributed by atoms with E-state index >= 15 is 0 Å². The van der Waals surface area contributed by atoms with E-state index in [0.717, 1.165) is 12.8 Å². The second kappa shape index (κ2) is 4.35.